The van der Waals surface area contributed by atoms with E-state index in [1.807, 2.05) is 36.8 Å². The Hall–Kier alpha value is -4.93. The Bertz CT molecular complexity index is 2430. The van der Waals surface area contributed by atoms with Gasteiger partial charge in [-0.3, -0.25) is 4.98 Å². The predicted octanol–water partition coefficient (Wildman–Crippen LogP) is 12.2. The topological polar surface area (TPSA) is 46.4 Å². The molecule has 7 aromatic rings. The second-order valence-electron chi connectivity index (χ2n) is 15.4. The second kappa shape index (κ2) is 14.1. The maximum Gasteiger partial charge on any atom is 0.135 e. The van der Waals surface area contributed by atoms with Gasteiger partial charge >= 0.3 is 0 Å². The van der Waals surface area contributed by atoms with Gasteiger partial charge in [0.15, 0.2) is 0 Å². The summed E-state index contributed by atoms with van der Waals surface area (Å²) in [6.45, 7) is 20.1. The molecule has 8 rings (SSSR count). The maximum absolute atomic E-state index is 6.55. The number of aromatic nitrogens is 3. The molecule has 0 saturated carbocycles. The van der Waals surface area contributed by atoms with E-state index in [0.29, 0.717) is 23.3 Å². The number of aryl methyl sites for hydroxylation is 1. The van der Waals surface area contributed by atoms with Gasteiger partial charge in [-0.15, -0.1) is 48.1 Å². The minimum atomic E-state index is -0.0102. The fourth-order valence-corrected chi connectivity index (χ4v) is 7.31. The van der Waals surface area contributed by atoms with Crippen LogP contribution >= 0.6 is 0 Å². The van der Waals surface area contributed by atoms with E-state index in [4.69, 9.17) is 9.72 Å². The Morgan fingerprint density at radius 1 is 0.736 bits per heavy atom. The number of hydrogen-bond donors (Lipinski definition) is 0. The van der Waals surface area contributed by atoms with Crippen LogP contribution in [-0.2, 0) is 26.5 Å². The van der Waals surface area contributed by atoms with Gasteiger partial charge in [-0.25, -0.2) is 4.98 Å². The SMILES string of the molecule is Cc1cc(C(C)C)c(N2[CH-]N(c3[c-]c(Oc4[c-]c5c(cc4)c4ccccc4n5-c4cc(C(C)(C)C)ccn4)ccc3)c3ccncc32)c(C(C)C)c1.[Pt]. The molecule has 1 aliphatic rings. The summed E-state index contributed by atoms with van der Waals surface area (Å²) in [4.78, 5) is 13.9. The zero-order valence-corrected chi connectivity index (χ0v) is 33.8. The summed E-state index contributed by atoms with van der Waals surface area (Å²) >= 11 is 0. The van der Waals surface area contributed by atoms with E-state index in [2.05, 4.69) is 160 Å². The van der Waals surface area contributed by atoms with Gasteiger partial charge in [0.1, 0.15) is 5.82 Å². The first-order valence-corrected chi connectivity index (χ1v) is 18.1. The van der Waals surface area contributed by atoms with Crippen LogP contribution in [-0.4, -0.2) is 14.5 Å². The number of fused-ring (bicyclic) bond motifs is 4. The molecule has 0 spiro atoms. The molecule has 0 amide bonds. The average molecular weight is 878 g/mol. The summed E-state index contributed by atoms with van der Waals surface area (Å²) in [5.74, 6) is 2.77. The Kier molecular flexibility index (Phi) is 9.71. The molecular weight excluding hydrogens is 834 g/mol. The summed E-state index contributed by atoms with van der Waals surface area (Å²) in [7, 11) is 0. The van der Waals surface area contributed by atoms with Crippen molar-refractivity contribution in [2.75, 3.05) is 9.80 Å². The van der Waals surface area contributed by atoms with Gasteiger partial charge in [0, 0.05) is 61.8 Å². The fourth-order valence-electron chi connectivity index (χ4n) is 7.31. The summed E-state index contributed by atoms with van der Waals surface area (Å²) in [6.07, 6.45) is 5.70. The molecule has 7 heteroatoms. The molecule has 0 bridgehead atoms. The van der Waals surface area contributed by atoms with Gasteiger partial charge in [-0.1, -0.05) is 89.9 Å². The van der Waals surface area contributed by atoms with Crippen molar-refractivity contribution < 1.29 is 25.8 Å². The van der Waals surface area contributed by atoms with Gasteiger partial charge in [0.25, 0.3) is 0 Å². The van der Waals surface area contributed by atoms with Crippen LogP contribution in [0.4, 0.5) is 22.7 Å². The smallest absolute Gasteiger partial charge is 0.135 e. The molecule has 0 fully saturated rings. The number of para-hydroxylation sites is 1. The summed E-state index contributed by atoms with van der Waals surface area (Å²) in [5, 5.41) is 2.24. The van der Waals surface area contributed by atoms with Crippen LogP contribution in [0.3, 0.4) is 0 Å². The van der Waals surface area contributed by atoms with Crippen molar-refractivity contribution >= 4 is 44.6 Å². The largest absolute Gasteiger partial charge is 0.509 e. The van der Waals surface area contributed by atoms with Gasteiger partial charge < -0.3 is 19.1 Å². The fraction of sp³-hybridized carbons (Fsp3) is 0.239. The zero-order chi connectivity index (χ0) is 36.3. The Morgan fingerprint density at radius 2 is 1.47 bits per heavy atom. The molecule has 272 valence electrons. The first-order chi connectivity index (χ1) is 25.0. The van der Waals surface area contributed by atoms with Crippen LogP contribution in [0.25, 0.3) is 27.6 Å². The number of hydrogen-bond acceptors (Lipinski definition) is 5. The monoisotopic (exact) mass is 877 g/mol. The van der Waals surface area contributed by atoms with Crippen molar-refractivity contribution in [3.8, 4) is 17.3 Å². The quantitative estimate of drug-likeness (QED) is 0.149. The molecule has 0 radical (unpaired) electrons. The zero-order valence-electron chi connectivity index (χ0n) is 31.5. The molecule has 0 aliphatic carbocycles. The molecule has 0 N–H and O–H groups in total. The third-order valence-electron chi connectivity index (χ3n) is 9.96. The van der Waals surface area contributed by atoms with Gasteiger partial charge in [-0.2, -0.15) is 12.1 Å². The normalized spacial score (nSPS) is 12.9. The Balaban J connectivity index is 0.00000435. The minimum Gasteiger partial charge on any atom is -0.509 e. The first kappa shape index (κ1) is 36.4. The van der Waals surface area contributed by atoms with E-state index in [9.17, 15) is 0 Å². The van der Waals surface area contributed by atoms with E-state index in [0.717, 1.165) is 44.7 Å². The van der Waals surface area contributed by atoms with Crippen molar-refractivity contribution in [3.05, 3.63) is 145 Å². The van der Waals surface area contributed by atoms with E-state index >= 15 is 0 Å². The maximum atomic E-state index is 6.55. The summed E-state index contributed by atoms with van der Waals surface area (Å²) in [5.41, 5.74) is 11.3. The van der Waals surface area contributed by atoms with E-state index in [-0.39, 0.29) is 26.5 Å². The number of anilines is 4. The summed E-state index contributed by atoms with van der Waals surface area (Å²) < 4.78 is 8.74. The number of benzene rings is 4. The van der Waals surface area contributed by atoms with Crippen LogP contribution in [0.2, 0.25) is 0 Å². The molecule has 53 heavy (non-hydrogen) atoms. The Labute approximate surface area is 327 Å². The predicted molar refractivity (Wildman–Crippen MR) is 214 cm³/mol. The molecule has 4 heterocycles. The van der Waals surface area contributed by atoms with Crippen LogP contribution in [0.1, 0.15) is 82.6 Å². The molecule has 1 aliphatic heterocycles. The van der Waals surface area contributed by atoms with Crippen molar-refractivity contribution in [1.29, 1.82) is 0 Å². The van der Waals surface area contributed by atoms with Crippen molar-refractivity contribution in [2.24, 2.45) is 0 Å². The molecule has 0 unspecified atom stereocenters. The number of pyridine rings is 2. The van der Waals surface area contributed by atoms with Crippen molar-refractivity contribution in [3.63, 3.8) is 0 Å². The van der Waals surface area contributed by atoms with Gasteiger partial charge in [-0.05, 0) is 70.5 Å². The Morgan fingerprint density at radius 3 is 2.21 bits per heavy atom. The number of ether oxygens (including phenoxy) is 1. The van der Waals surface area contributed by atoms with Crippen LogP contribution in [0.15, 0.2) is 104 Å². The van der Waals surface area contributed by atoms with Crippen LogP contribution in [0, 0.1) is 25.7 Å². The second-order valence-corrected chi connectivity index (χ2v) is 15.4. The third kappa shape index (κ3) is 6.63. The van der Waals surface area contributed by atoms with Gasteiger partial charge in [0.2, 0.25) is 0 Å². The van der Waals surface area contributed by atoms with E-state index < -0.39 is 0 Å². The minimum absolute atomic E-state index is 0. The standard InChI is InChI=1S/C46H44N5O.Pt/c1-29(2)38-22-31(5)23-39(30(3)4)45(38)50-28-49(41-19-20-47-27-43(41)50)33-12-11-13-34(25-33)52-35-16-17-37-36-14-9-10-15-40(36)51(42(37)26-35)44-24-32(18-21-48-44)46(6,7)8;/h9-24,27-30H,1-8H3;/q-3;. The van der Waals surface area contributed by atoms with Crippen LogP contribution < -0.4 is 14.5 Å². The van der Waals surface area contributed by atoms with E-state index in [1.165, 1.54) is 27.9 Å². The summed E-state index contributed by atoms with van der Waals surface area (Å²) in [6, 6.07) is 36.7. The first-order valence-electron chi connectivity index (χ1n) is 18.1. The average Bonchev–Trinajstić information content (AvgIpc) is 3.67. The third-order valence-corrected chi connectivity index (χ3v) is 9.96. The molecule has 6 nitrogen and oxygen atoms in total. The molecular formula is C46H44N5OPt-3. The molecule has 4 aromatic carbocycles. The van der Waals surface area contributed by atoms with Gasteiger partial charge in [0.05, 0.1) is 11.9 Å². The van der Waals surface area contributed by atoms with E-state index in [1.54, 1.807) is 0 Å². The molecule has 0 saturated heterocycles. The molecule has 0 atom stereocenters. The number of rotatable bonds is 7. The van der Waals surface area contributed by atoms with Crippen LogP contribution in [0.5, 0.6) is 11.5 Å². The number of nitrogens with zero attached hydrogens (tertiary/aromatic N) is 5. The molecule has 3 aromatic heterocycles. The van der Waals surface area contributed by atoms with Crippen molar-refractivity contribution in [1.82, 2.24) is 14.5 Å². The van der Waals surface area contributed by atoms with Crippen molar-refractivity contribution in [2.45, 2.75) is 72.6 Å².